The molecule has 36 heavy (non-hydrogen) atoms. The number of halogens is 2. The summed E-state index contributed by atoms with van der Waals surface area (Å²) in [5.41, 5.74) is 11.5. The molecule has 0 fully saturated rings. The minimum absolute atomic E-state index is 0.0260. The molecule has 1 aromatic carbocycles. The molecule has 2 unspecified atom stereocenters. The monoisotopic (exact) mass is 489 g/mol. The summed E-state index contributed by atoms with van der Waals surface area (Å²) in [4.78, 5) is 24.3. The van der Waals surface area contributed by atoms with E-state index < -0.39 is 12.2 Å². The number of alkyl halides is 2. The van der Waals surface area contributed by atoms with Crippen molar-refractivity contribution in [2.24, 2.45) is 5.73 Å². The van der Waals surface area contributed by atoms with Crippen molar-refractivity contribution < 1.29 is 18.3 Å². The zero-order valence-corrected chi connectivity index (χ0v) is 20.1. The molecule has 2 aliphatic rings. The van der Waals surface area contributed by atoms with E-state index in [0.717, 1.165) is 33.9 Å². The van der Waals surface area contributed by atoms with Crippen molar-refractivity contribution in [2.45, 2.75) is 44.4 Å². The van der Waals surface area contributed by atoms with E-state index in [2.05, 4.69) is 4.98 Å². The number of pyridine rings is 2. The number of imidazole rings is 1. The van der Waals surface area contributed by atoms with Gasteiger partial charge < -0.3 is 19.8 Å². The van der Waals surface area contributed by atoms with Gasteiger partial charge in [0.05, 0.1) is 28.7 Å². The molecule has 1 aliphatic heterocycles. The van der Waals surface area contributed by atoms with E-state index in [4.69, 9.17) is 15.5 Å². The van der Waals surface area contributed by atoms with Crippen LogP contribution in [0.25, 0.3) is 16.8 Å². The first-order chi connectivity index (χ1) is 17.1. The molecule has 2 bridgehead atoms. The van der Waals surface area contributed by atoms with Crippen molar-refractivity contribution >= 4 is 11.6 Å². The molecule has 184 valence electrons. The van der Waals surface area contributed by atoms with Crippen molar-refractivity contribution in [3.05, 3.63) is 83.1 Å². The average molecular weight is 490 g/mol. The van der Waals surface area contributed by atoms with E-state index >= 15 is 0 Å². The SMILES string of the molecule is CN1C(=O)c2cccc(OC(F)F)c2C2CC1c1nc3ccc(-c4ccc(C(C)(C)N)nc4)cn3c12. The standard InChI is InChI=1S/C27H25F2N5O2/c1-27(2,30)20-9-7-14(12-31-20)15-8-10-21-32-23-18-11-17(24(23)34(21)13-15)22-16(25(35)33(18)3)5-4-6-19(22)36-26(28)29/h4-10,12-13,17-18,26H,11,30H2,1-3H3. The van der Waals surface area contributed by atoms with Gasteiger partial charge >= 0.3 is 6.61 Å². The van der Waals surface area contributed by atoms with Crippen LogP contribution in [0.5, 0.6) is 5.75 Å². The second kappa shape index (κ2) is 7.83. The van der Waals surface area contributed by atoms with Crippen LogP contribution in [0.15, 0.2) is 54.9 Å². The maximum atomic E-state index is 13.3. The Morgan fingerprint density at radius 2 is 1.92 bits per heavy atom. The zero-order chi connectivity index (χ0) is 25.4. The third-order valence-electron chi connectivity index (χ3n) is 7.19. The number of fused-ring (bicyclic) bond motifs is 9. The maximum Gasteiger partial charge on any atom is 0.387 e. The van der Waals surface area contributed by atoms with Gasteiger partial charge in [-0.1, -0.05) is 12.1 Å². The lowest BCUT2D eigenvalue weighted by Gasteiger charge is -2.24. The number of carbonyl (C=O) groups excluding carboxylic acids is 1. The van der Waals surface area contributed by atoms with Crippen molar-refractivity contribution in [2.75, 3.05) is 7.05 Å². The summed E-state index contributed by atoms with van der Waals surface area (Å²) in [5, 5.41) is 0. The van der Waals surface area contributed by atoms with Gasteiger partial charge in [-0.3, -0.25) is 9.78 Å². The Morgan fingerprint density at radius 3 is 2.61 bits per heavy atom. The summed E-state index contributed by atoms with van der Waals surface area (Å²) in [6, 6.07) is 12.3. The molecule has 2 atom stereocenters. The van der Waals surface area contributed by atoms with Crippen LogP contribution >= 0.6 is 0 Å². The summed E-state index contributed by atoms with van der Waals surface area (Å²) in [6.07, 6.45) is 4.33. The molecule has 4 heterocycles. The van der Waals surface area contributed by atoms with Crippen molar-refractivity contribution in [3.8, 4) is 16.9 Å². The Bertz CT molecular complexity index is 1510. The summed E-state index contributed by atoms with van der Waals surface area (Å²) in [6.45, 7) is 0.816. The van der Waals surface area contributed by atoms with Gasteiger partial charge in [-0.15, -0.1) is 0 Å². The predicted molar refractivity (Wildman–Crippen MR) is 130 cm³/mol. The highest BCUT2D eigenvalue weighted by molar-refractivity contribution is 5.98. The third-order valence-corrected chi connectivity index (χ3v) is 7.19. The van der Waals surface area contributed by atoms with E-state index in [-0.39, 0.29) is 23.6 Å². The molecule has 3 aromatic heterocycles. The first-order valence-corrected chi connectivity index (χ1v) is 11.8. The lowest BCUT2D eigenvalue weighted by Crippen LogP contribution is -2.30. The highest BCUT2D eigenvalue weighted by atomic mass is 19.3. The molecule has 1 aliphatic carbocycles. The molecule has 0 spiro atoms. The van der Waals surface area contributed by atoms with Gasteiger partial charge in [0.25, 0.3) is 5.91 Å². The highest BCUT2D eigenvalue weighted by Crippen LogP contribution is 2.52. The number of hydrogen-bond donors (Lipinski definition) is 1. The Hall–Kier alpha value is -3.85. The maximum absolute atomic E-state index is 13.3. The average Bonchev–Trinajstić information content (AvgIpc) is 3.36. The highest BCUT2D eigenvalue weighted by Gasteiger charge is 2.46. The number of nitrogens with zero attached hydrogens (tertiary/aromatic N) is 4. The molecule has 1 amide bonds. The van der Waals surface area contributed by atoms with Crippen LogP contribution in [-0.4, -0.2) is 38.8 Å². The Morgan fingerprint density at radius 1 is 1.14 bits per heavy atom. The van der Waals surface area contributed by atoms with Crippen LogP contribution in [0, 0.1) is 0 Å². The van der Waals surface area contributed by atoms with Crippen molar-refractivity contribution in [3.63, 3.8) is 0 Å². The van der Waals surface area contributed by atoms with Gasteiger partial charge in [-0.05, 0) is 50.6 Å². The fourth-order valence-electron chi connectivity index (χ4n) is 5.45. The van der Waals surface area contributed by atoms with E-state index in [1.807, 2.05) is 48.7 Å². The van der Waals surface area contributed by atoms with Crippen LogP contribution < -0.4 is 10.5 Å². The normalized spacial score (nSPS) is 19.0. The van der Waals surface area contributed by atoms with Gasteiger partial charge in [0.2, 0.25) is 0 Å². The van der Waals surface area contributed by atoms with Gasteiger partial charge in [-0.25, -0.2) is 4.98 Å². The van der Waals surface area contributed by atoms with Crippen molar-refractivity contribution in [1.29, 1.82) is 0 Å². The number of hydrogen-bond acceptors (Lipinski definition) is 5. The Kier molecular flexibility index (Phi) is 4.91. The lowest BCUT2D eigenvalue weighted by molar-refractivity contribution is -0.0506. The molecule has 2 N–H and O–H groups in total. The third kappa shape index (κ3) is 3.37. The molecule has 4 aromatic rings. The minimum atomic E-state index is -2.99. The first kappa shape index (κ1) is 22.6. The quantitative estimate of drug-likeness (QED) is 0.443. The number of carbonyl (C=O) groups is 1. The largest absolute Gasteiger partial charge is 0.434 e. The fraction of sp³-hybridized carbons (Fsp3) is 0.296. The second-order valence-electron chi connectivity index (χ2n) is 10.00. The van der Waals surface area contributed by atoms with Gasteiger partial charge in [0.15, 0.2) is 0 Å². The van der Waals surface area contributed by atoms with E-state index in [9.17, 15) is 13.6 Å². The molecular formula is C27H25F2N5O2. The second-order valence-corrected chi connectivity index (χ2v) is 10.00. The molecule has 9 heteroatoms. The van der Waals surface area contributed by atoms with E-state index in [1.54, 1.807) is 30.3 Å². The summed E-state index contributed by atoms with van der Waals surface area (Å²) < 4.78 is 33.5. The number of rotatable bonds is 4. The first-order valence-electron chi connectivity index (χ1n) is 11.8. The van der Waals surface area contributed by atoms with Crippen LogP contribution in [0.3, 0.4) is 0 Å². The van der Waals surface area contributed by atoms with Gasteiger partial charge in [0.1, 0.15) is 11.4 Å². The van der Waals surface area contributed by atoms with Gasteiger partial charge in [-0.2, -0.15) is 8.78 Å². The molecule has 0 saturated heterocycles. The topological polar surface area (TPSA) is 85.8 Å². The van der Waals surface area contributed by atoms with Crippen LogP contribution in [0.2, 0.25) is 0 Å². The van der Waals surface area contributed by atoms with Crippen LogP contribution in [0.4, 0.5) is 8.78 Å². The smallest absolute Gasteiger partial charge is 0.387 e. The number of nitrogens with two attached hydrogens (primary N) is 1. The molecule has 7 nitrogen and oxygen atoms in total. The predicted octanol–water partition coefficient (Wildman–Crippen LogP) is 4.85. The number of aromatic nitrogens is 3. The van der Waals surface area contributed by atoms with Crippen LogP contribution in [0.1, 0.15) is 65.2 Å². The molecular weight excluding hydrogens is 464 g/mol. The van der Waals surface area contributed by atoms with E-state index in [1.165, 1.54) is 6.07 Å². The summed E-state index contributed by atoms with van der Waals surface area (Å²) in [5.74, 6) is -0.528. The van der Waals surface area contributed by atoms with Crippen LogP contribution in [-0.2, 0) is 5.54 Å². The fourth-order valence-corrected chi connectivity index (χ4v) is 5.45. The zero-order valence-electron chi connectivity index (χ0n) is 20.1. The lowest BCUT2D eigenvalue weighted by atomic mass is 9.91. The number of benzene rings is 1. The molecule has 0 saturated carbocycles. The van der Waals surface area contributed by atoms with Gasteiger partial charge in [0, 0.05) is 47.6 Å². The Balaban J connectivity index is 1.52. The Labute approximate surface area is 206 Å². The van der Waals surface area contributed by atoms with Crippen molar-refractivity contribution in [1.82, 2.24) is 19.3 Å². The molecule has 6 rings (SSSR count). The number of ether oxygens (including phenoxy) is 1. The molecule has 0 radical (unpaired) electrons. The summed E-state index contributed by atoms with van der Waals surface area (Å²) in [7, 11) is 1.73. The number of amides is 1. The van der Waals surface area contributed by atoms with E-state index in [0.29, 0.717) is 17.5 Å². The summed E-state index contributed by atoms with van der Waals surface area (Å²) >= 11 is 0. The minimum Gasteiger partial charge on any atom is -0.434 e.